The van der Waals surface area contributed by atoms with Crippen LogP contribution >= 0.6 is 0 Å². The quantitative estimate of drug-likeness (QED) is 0.514. The van der Waals surface area contributed by atoms with Crippen LogP contribution in [-0.4, -0.2) is 24.2 Å². The van der Waals surface area contributed by atoms with Crippen molar-refractivity contribution in [3.8, 4) is 0 Å². The summed E-state index contributed by atoms with van der Waals surface area (Å²) in [4.78, 5) is 8.30. The van der Waals surface area contributed by atoms with E-state index in [9.17, 15) is 0 Å². The summed E-state index contributed by atoms with van der Waals surface area (Å²) in [5.41, 5.74) is 3.23. The van der Waals surface area contributed by atoms with E-state index in [2.05, 4.69) is 15.4 Å². The van der Waals surface area contributed by atoms with E-state index in [1.54, 1.807) is 20.3 Å². The predicted molar refractivity (Wildman–Crippen MR) is 51.3 cm³/mol. The molecular formula is C8H14N4O2. The highest BCUT2D eigenvalue weighted by molar-refractivity contribution is 5.34. The largest absolute Gasteiger partial charge is 0.378 e. The van der Waals surface area contributed by atoms with E-state index < -0.39 is 0 Å². The van der Waals surface area contributed by atoms with Crippen molar-refractivity contribution in [1.29, 1.82) is 0 Å². The molecule has 0 saturated carbocycles. The van der Waals surface area contributed by atoms with E-state index in [4.69, 9.17) is 15.3 Å². The minimum Gasteiger partial charge on any atom is -0.378 e. The Hall–Kier alpha value is -1.24. The van der Waals surface area contributed by atoms with Gasteiger partial charge in [0.25, 0.3) is 0 Å². The third-order valence-corrected chi connectivity index (χ3v) is 1.54. The maximum atomic E-state index is 5.26. The van der Waals surface area contributed by atoms with Crippen molar-refractivity contribution in [3.05, 3.63) is 17.6 Å². The van der Waals surface area contributed by atoms with Crippen LogP contribution in [0.2, 0.25) is 0 Å². The zero-order valence-corrected chi connectivity index (χ0v) is 8.28. The molecule has 6 heteroatoms. The Balaban J connectivity index is 2.88. The lowest BCUT2D eigenvalue weighted by atomic mass is 10.4. The SMILES string of the molecule is COCc1cc(NN)nc(COC)n1. The summed E-state index contributed by atoms with van der Waals surface area (Å²) in [5, 5.41) is 0. The summed E-state index contributed by atoms with van der Waals surface area (Å²) >= 11 is 0. The van der Waals surface area contributed by atoms with Gasteiger partial charge in [0.15, 0.2) is 5.82 Å². The Bertz CT molecular complexity index is 268. The van der Waals surface area contributed by atoms with Crippen molar-refractivity contribution in [1.82, 2.24) is 9.97 Å². The summed E-state index contributed by atoms with van der Waals surface area (Å²) in [6.07, 6.45) is 0. The Morgan fingerprint density at radius 2 is 2.00 bits per heavy atom. The Morgan fingerprint density at radius 3 is 2.57 bits per heavy atom. The summed E-state index contributed by atoms with van der Waals surface area (Å²) in [5.74, 6) is 6.39. The van der Waals surface area contributed by atoms with Gasteiger partial charge in [-0.15, -0.1) is 0 Å². The first-order valence-corrected chi connectivity index (χ1v) is 4.11. The summed E-state index contributed by atoms with van der Waals surface area (Å²) in [7, 11) is 3.19. The summed E-state index contributed by atoms with van der Waals surface area (Å²) in [6.45, 7) is 0.778. The van der Waals surface area contributed by atoms with Gasteiger partial charge in [-0.2, -0.15) is 0 Å². The van der Waals surface area contributed by atoms with Gasteiger partial charge in [0.2, 0.25) is 0 Å². The molecule has 6 nitrogen and oxygen atoms in total. The lowest BCUT2D eigenvalue weighted by Crippen LogP contribution is -2.12. The molecule has 0 saturated heterocycles. The van der Waals surface area contributed by atoms with Crippen LogP contribution in [0.1, 0.15) is 11.5 Å². The molecule has 78 valence electrons. The number of rotatable bonds is 5. The second-order valence-electron chi connectivity index (χ2n) is 2.67. The van der Waals surface area contributed by atoms with E-state index >= 15 is 0 Å². The van der Waals surface area contributed by atoms with E-state index in [1.807, 2.05) is 0 Å². The normalized spacial score (nSPS) is 10.2. The van der Waals surface area contributed by atoms with Crippen molar-refractivity contribution in [3.63, 3.8) is 0 Å². The van der Waals surface area contributed by atoms with Crippen molar-refractivity contribution in [2.75, 3.05) is 19.6 Å². The fourth-order valence-electron chi connectivity index (χ4n) is 1.04. The second-order valence-corrected chi connectivity index (χ2v) is 2.67. The smallest absolute Gasteiger partial charge is 0.156 e. The number of hydrazine groups is 1. The van der Waals surface area contributed by atoms with Crippen LogP contribution in [0.5, 0.6) is 0 Å². The van der Waals surface area contributed by atoms with Crippen LogP contribution in [0.15, 0.2) is 6.07 Å². The molecule has 0 fully saturated rings. The first-order valence-electron chi connectivity index (χ1n) is 4.11. The number of nitrogens with zero attached hydrogens (tertiary/aromatic N) is 2. The number of hydrogen-bond acceptors (Lipinski definition) is 6. The topological polar surface area (TPSA) is 82.3 Å². The lowest BCUT2D eigenvalue weighted by Gasteiger charge is -2.06. The maximum absolute atomic E-state index is 5.26. The molecule has 3 N–H and O–H groups in total. The lowest BCUT2D eigenvalue weighted by molar-refractivity contribution is 0.170. The second kappa shape index (κ2) is 5.48. The van der Waals surface area contributed by atoms with Crippen LogP contribution in [0.4, 0.5) is 5.82 Å². The Labute approximate surface area is 82.4 Å². The van der Waals surface area contributed by atoms with E-state index in [0.717, 1.165) is 5.69 Å². The van der Waals surface area contributed by atoms with Crippen LogP contribution in [0.3, 0.4) is 0 Å². The van der Waals surface area contributed by atoms with Gasteiger partial charge in [0, 0.05) is 20.3 Å². The van der Waals surface area contributed by atoms with Gasteiger partial charge in [-0.1, -0.05) is 0 Å². The Morgan fingerprint density at radius 1 is 1.29 bits per heavy atom. The van der Waals surface area contributed by atoms with Crippen molar-refractivity contribution < 1.29 is 9.47 Å². The van der Waals surface area contributed by atoms with Crippen molar-refractivity contribution in [2.45, 2.75) is 13.2 Å². The zero-order valence-electron chi connectivity index (χ0n) is 8.28. The number of aromatic nitrogens is 2. The molecule has 0 unspecified atom stereocenters. The maximum Gasteiger partial charge on any atom is 0.156 e. The third kappa shape index (κ3) is 2.91. The fraction of sp³-hybridized carbons (Fsp3) is 0.500. The molecule has 0 aliphatic rings. The van der Waals surface area contributed by atoms with Crippen LogP contribution in [-0.2, 0) is 22.7 Å². The first-order chi connectivity index (χ1) is 6.80. The molecule has 0 aliphatic heterocycles. The first kappa shape index (κ1) is 10.8. The summed E-state index contributed by atoms with van der Waals surface area (Å²) in [6, 6.07) is 1.72. The summed E-state index contributed by atoms with van der Waals surface area (Å²) < 4.78 is 9.89. The highest BCUT2D eigenvalue weighted by Gasteiger charge is 2.03. The molecule has 14 heavy (non-hydrogen) atoms. The van der Waals surface area contributed by atoms with E-state index in [0.29, 0.717) is 24.9 Å². The van der Waals surface area contributed by atoms with E-state index in [-0.39, 0.29) is 0 Å². The molecule has 0 aliphatic carbocycles. The van der Waals surface area contributed by atoms with Gasteiger partial charge in [-0.3, -0.25) is 0 Å². The van der Waals surface area contributed by atoms with Gasteiger partial charge < -0.3 is 14.9 Å². The van der Waals surface area contributed by atoms with Crippen LogP contribution in [0.25, 0.3) is 0 Å². The van der Waals surface area contributed by atoms with Gasteiger partial charge in [0.05, 0.1) is 12.3 Å². The molecule has 0 amide bonds. The highest BCUT2D eigenvalue weighted by atomic mass is 16.5. The van der Waals surface area contributed by atoms with Gasteiger partial charge in [-0.25, -0.2) is 15.8 Å². The molecule has 0 bridgehead atoms. The third-order valence-electron chi connectivity index (χ3n) is 1.54. The molecule has 0 aromatic carbocycles. The molecule has 1 rings (SSSR count). The average Bonchev–Trinajstić information content (AvgIpc) is 2.18. The molecule has 1 aromatic heterocycles. The van der Waals surface area contributed by atoms with Crippen LogP contribution < -0.4 is 11.3 Å². The van der Waals surface area contributed by atoms with Gasteiger partial charge in [-0.05, 0) is 0 Å². The monoisotopic (exact) mass is 198 g/mol. The van der Waals surface area contributed by atoms with Gasteiger partial charge >= 0.3 is 0 Å². The minimum atomic E-state index is 0.353. The zero-order chi connectivity index (χ0) is 10.4. The predicted octanol–water partition coefficient (Wildman–Crippen LogP) is 0.0550. The van der Waals surface area contributed by atoms with E-state index in [1.165, 1.54) is 0 Å². The average molecular weight is 198 g/mol. The fourth-order valence-corrected chi connectivity index (χ4v) is 1.04. The molecule has 0 radical (unpaired) electrons. The number of nitrogens with two attached hydrogens (primary N) is 1. The number of nitrogen functional groups attached to an aromatic ring is 1. The van der Waals surface area contributed by atoms with Crippen molar-refractivity contribution in [2.24, 2.45) is 5.84 Å². The molecule has 1 aromatic rings. The molecule has 0 atom stereocenters. The highest BCUT2D eigenvalue weighted by Crippen LogP contribution is 2.07. The number of nitrogens with one attached hydrogen (secondary N) is 1. The molecule has 0 spiro atoms. The standard InChI is InChI=1S/C8H14N4O2/c1-13-4-6-3-7(12-9)11-8(10-6)5-14-2/h3H,4-5,9H2,1-2H3,(H,10,11,12). The van der Waals surface area contributed by atoms with Crippen molar-refractivity contribution >= 4 is 5.82 Å². The minimum absolute atomic E-state index is 0.353. The number of hydrogen-bond donors (Lipinski definition) is 2. The van der Waals surface area contributed by atoms with Crippen LogP contribution in [0, 0.1) is 0 Å². The van der Waals surface area contributed by atoms with Gasteiger partial charge in [0.1, 0.15) is 12.4 Å². The number of ether oxygens (including phenoxy) is 2. The number of methoxy groups -OCH3 is 2. The molecule has 1 heterocycles. The number of anilines is 1. The Kier molecular flexibility index (Phi) is 4.24. The molecular weight excluding hydrogens is 184 g/mol.